The van der Waals surface area contributed by atoms with E-state index in [4.69, 9.17) is 4.74 Å². The molecule has 2 N–H and O–H groups in total. The Kier molecular flexibility index (Phi) is 5.42. The topological polar surface area (TPSA) is 58.6 Å². The third kappa shape index (κ3) is 5.77. The number of aliphatic hydroxyl groups is 1. The first-order valence-electron chi connectivity index (χ1n) is 6.60. The van der Waals surface area contributed by atoms with Crippen LogP contribution in [0.5, 0.6) is 0 Å². The molecule has 0 saturated heterocycles. The van der Waals surface area contributed by atoms with E-state index in [1.165, 1.54) is 6.92 Å². The Labute approximate surface area is 123 Å². The zero-order valence-corrected chi connectivity index (χ0v) is 12.7. The summed E-state index contributed by atoms with van der Waals surface area (Å²) in [5.74, 6) is -2.01. The van der Waals surface area contributed by atoms with Crippen molar-refractivity contribution in [2.45, 2.75) is 38.9 Å². The number of halogens is 2. The van der Waals surface area contributed by atoms with Gasteiger partial charge in [0.15, 0.2) is 0 Å². The van der Waals surface area contributed by atoms with Crippen molar-refractivity contribution in [3.05, 3.63) is 35.4 Å². The fourth-order valence-electron chi connectivity index (χ4n) is 1.63. The molecule has 0 aliphatic carbocycles. The van der Waals surface area contributed by atoms with E-state index < -0.39 is 28.7 Å². The number of nitrogens with one attached hydrogen (secondary N) is 1. The van der Waals surface area contributed by atoms with E-state index in [0.29, 0.717) is 6.07 Å². The number of carbonyl (C=O) groups excluding carboxylic acids is 1. The number of benzene rings is 1. The van der Waals surface area contributed by atoms with E-state index in [1.54, 1.807) is 0 Å². The lowest BCUT2D eigenvalue weighted by Crippen LogP contribution is -2.41. The molecule has 118 valence electrons. The molecular weight excluding hydrogens is 280 g/mol. The molecule has 6 heteroatoms. The van der Waals surface area contributed by atoms with Gasteiger partial charge in [-0.15, -0.1) is 0 Å². The maximum Gasteiger partial charge on any atom is 0.246 e. The van der Waals surface area contributed by atoms with Crippen molar-refractivity contribution in [2.24, 2.45) is 0 Å². The normalized spacial score (nSPS) is 14.6. The fraction of sp³-hybridized carbons (Fsp3) is 0.533. The highest BCUT2D eigenvalue weighted by molar-refractivity contribution is 5.77. The fourth-order valence-corrected chi connectivity index (χ4v) is 1.63. The summed E-state index contributed by atoms with van der Waals surface area (Å²) in [7, 11) is 0. The summed E-state index contributed by atoms with van der Waals surface area (Å²) in [6, 6.07) is 2.90. The molecule has 1 rings (SSSR count). The molecule has 0 saturated carbocycles. The van der Waals surface area contributed by atoms with Gasteiger partial charge in [-0.25, -0.2) is 8.78 Å². The smallest absolute Gasteiger partial charge is 0.246 e. The maximum atomic E-state index is 13.6. The average molecular weight is 301 g/mol. The van der Waals surface area contributed by atoms with Gasteiger partial charge in [0, 0.05) is 11.6 Å². The molecule has 1 unspecified atom stereocenters. The largest absolute Gasteiger partial charge is 0.383 e. The van der Waals surface area contributed by atoms with Crippen molar-refractivity contribution in [1.29, 1.82) is 0 Å². The highest BCUT2D eigenvalue weighted by atomic mass is 19.1. The van der Waals surface area contributed by atoms with E-state index >= 15 is 0 Å². The second-order valence-electron chi connectivity index (χ2n) is 6.08. The molecule has 0 bridgehead atoms. The van der Waals surface area contributed by atoms with E-state index in [2.05, 4.69) is 5.32 Å². The molecule has 0 radical (unpaired) electrons. The average Bonchev–Trinajstić information content (AvgIpc) is 2.32. The van der Waals surface area contributed by atoms with Gasteiger partial charge in [0.05, 0.1) is 12.1 Å². The first kappa shape index (κ1) is 17.5. The molecule has 0 aliphatic heterocycles. The summed E-state index contributed by atoms with van der Waals surface area (Å²) in [5.41, 5.74) is -2.18. The summed E-state index contributed by atoms with van der Waals surface area (Å²) in [6.07, 6.45) is 0. The SMILES string of the molecule is CC(C)(C)OCC(=O)NCC(C)(O)c1ccc(F)cc1F. The lowest BCUT2D eigenvalue weighted by Gasteiger charge is -2.25. The van der Waals surface area contributed by atoms with Crippen LogP contribution in [-0.2, 0) is 15.1 Å². The van der Waals surface area contributed by atoms with Crippen LogP contribution in [0, 0.1) is 11.6 Å². The third-order valence-electron chi connectivity index (χ3n) is 2.78. The van der Waals surface area contributed by atoms with Gasteiger partial charge in [0.1, 0.15) is 23.8 Å². The standard InChI is InChI=1S/C15H21F2NO3/c1-14(2,3)21-8-13(19)18-9-15(4,20)11-6-5-10(16)7-12(11)17/h5-7,20H,8-9H2,1-4H3,(H,18,19). The minimum absolute atomic E-state index is 0.0825. The van der Waals surface area contributed by atoms with E-state index in [1.807, 2.05) is 20.8 Å². The lowest BCUT2D eigenvalue weighted by molar-refractivity contribution is -0.131. The molecule has 21 heavy (non-hydrogen) atoms. The van der Waals surface area contributed by atoms with Gasteiger partial charge in [-0.2, -0.15) is 0 Å². The Morgan fingerprint density at radius 1 is 1.29 bits per heavy atom. The van der Waals surface area contributed by atoms with Gasteiger partial charge in [-0.1, -0.05) is 6.07 Å². The van der Waals surface area contributed by atoms with Crippen LogP contribution in [0.1, 0.15) is 33.3 Å². The van der Waals surface area contributed by atoms with Crippen LogP contribution in [0.4, 0.5) is 8.78 Å². The molecule has 4 nitrogen and oxygen atoms in total. The number of carbonyl (C=O) groups is 1. The van der Waals surface area contributed by atoms with Crippen LogP contribution < -0.4 is 5.32 Å². The summed E-state index contributed by atoms with van der Waals surface area (Å²) < 4.78 is 31.8. The Morgan fingerprint density at radius 3 is 2.43 bits per heavy atom. The maximum absolute atomic E-state index is 13.6. The van der Waals surface area contributed by atoms with Gasteiger partial charge in [0.2, 0.25) is 5.91 Å². The number of rotatable bonds is 5. The molecular formula is C15H21F2NO3. The lowest BCUT2D eigenvalue weighted by atomic mass is 9.95. The predicted molar refractivity (Wildman–Crippen MR) is 74.6 cm³/mol. The van der Waals surface area contributed by atoms with Gasteiger partial charge in [-0.05, 0) is 33.8 Å². The highest BCUT2D eigenvalue weighted by Crippen LogP contribution is 2.23. The zero-order valence-electron chi connectivity index (χ0n) is 12.7. The third-order valence-corrected chi connectivity index (χ3v) is 2.78. The quantitative estimate of drug-likeness (QED) is 0.875. The van der Waals surface area contributed by atoms with Crippen LogP contribution in [0.15, 0.2) is 18.2 Å². The predicted octanol–water partition coefficient (Wildman–Crippen LogP) is 2.10. The molecule has 1 atom stereocenters. The minimum Gasteiger partial charge on any atom is -0.383 e. The Balaban J connectivity index is 2.62. The first-order valence-corrected chi connectivity index (χ1v) is 6.60. The number of hydrogen-bond donors (Lipinski definition) is 2. The number of ether oxygens (including phenoxy) is 1. The molecule has 0 spiro atoms. The van der Waals surface area contributed by atoms with E-state index in [-0.39, 0.29) is 18.7 Å². The Bertz CT molecular complexity index is 510. The summed E-state index contributed by atoms with van der Waals surface area (Å²) >= 11 is 0. The second kappa shape index (κ2) is 6.49. The van der Waals surface area contributed by atoms with Crippen molar-refractivity contribution < 1.29 is 23.4 Å². The van der Waals surface area contributed by atoms with Gasteiger partial charge in [0.25, 0.3) is 0 Å². The molecule has 0 heterocycles. The molecule has 0 fully saturated rings. The molecule has 0 aromatic heterocycles. The first-order chi connectivity index (χ1) is 9.51. The molecule has 1 aromatic rings. The van der Waals surface area contributed by atoms with Crippen molar-refractivity contribution in [2.75, 3.05) is 13.2 Å². The van der Waals surface area contributed by atoms with Gasteiger partial charge >= 0.3 is 0 Å². The van der Waals surface area contributed by atoms with Crippen LogP contribution >= 0.6 is 0 Å². The van der Waals surface area contributed by atoms with Crippen LogP contribution in [-0.4, -0.2) is 29.8 Å². The van der Waals surface area contributed by atoms with Crippen LogP contribution in [0.2, 0.25) is 0 Å². The van der Waals surface area contributed by atoms with E-state index in [9.17, 15) is 18.7 Å². The van der Waals surface area contributed by atoms with Gasteiger partial charge < -0.3 is 15.2 Å². The summed E-state index contributed by atoms with van der Waals surface area (Å²) in [6.45, 7) is 6.40. The summed E-state index contributed by atoms with van der Waals surface area (Å²) in [5, 5.41) is 12.7. The van der Waals surface area contributed by atoms with Crippen molar-refractivity contribution in [3.8, 4) is 0 Å². The number of hydrogen-bond acceptors (Lipinski definition) is 3. The zero-order chi connectivity index (χ0) is 16.3. The van der Waals surface area contributed by atoms with Gasteiger partial charge in [-0.3, -0.25) is 4.79 Å². The Morgan fingerprint density at radius 2 is 1.90 bits per heavy atom. The molecule has 1 aromatic carbocycles. The van der Waals surface area contributed by atoms with Crippen molar-refractivity contribution in [1.82, 2.24) is 5.32 Å². The molecule has 1 amide bonds. The number of amides is 1. The van der Waals surface area contributed by atoms with Crippen LogP contribution in [0.3, 0.4) is 0 Å². The second-order valence-corrected chi connectivity index (χ2v) is 6.08. The molecule has 0 aliphatic rings. The van der Waals surface area contributed by atoms with Crippen molar-refractivity contribution in [3.63, 3.8) is 0 Å². The highest BCUT2D eigenvalue weighted by Gasteiger charge is 2.27. The van der Waals surface area contributed by atoms with E-state index in [0.717, 1.165) is 12.1 Å². The monoisotopic (exact) mass is 301 g/mol. The Hall–Kier alpha value is -1.53. The minimum atomic E-state index is -1.64. The van der Waals surface area contributed by atoms with Crippen molar-refractivity contribution >= 4 is 5.91 Å². The van der Waals surface area contributed by atoms with Crippen LogP contribution in [0.25, 0.3) is 0 Å². The summed E-state index contributed by atoms with van der Waals surface area (Å²) in [4.78, 5) is 11.6.